The predicted octanol–water partition coefficient (Wildman–Crippen LogP) is 3.93. The van der Waals surface area contributed by atoms with Crippen LogP contribution in [-0.4, -0.2) is 11.6 Å². The first-order chi connectivity index (χ1) is 6.90. The second kappa shape index (κ2) is 6.86. The number of esters is 1. The Kier molecular flexibility index (Phi) is 6.62. The zero-order chi connectivity index (χ0) is 11.9. The van der Waals surface area contributed by atoms with Crippen molar-refractivity contribution < 1.29 is 9.53 Å². The minimum Gasteiger partial charge on any atom is -0.460 e. The molecule has 0 aliphatic carbocycles. The third-order valence-electron chi connectivity index (χ3n) is 2.28. The molecule has 0 fully saturated rings. The fraction of sp³-hybridized carbons (Fsp3) is 0.923. The fourth-order valence-electron chi connectivity index (χ4n) is 1.56. The van der Waals surface area contributed by atoms with Gasteiger partial charge >= 0.3 is 5.97 Å². The number of carbonyl (C=O) groups excluding carboxylic acids is 1. The maximum absolute atomic E-state index is 11.8. The van der Waals surface area contributed by atoms with E-state index in [1.54, 1.807) is 0 Å². The van der Waals surface area contributed by atoms with Crippen LogP contribution in [-0.2, 0) is 9.53 Å². The number of unbranched alkanes of at least 4 members (excludes halogenated alkanes) is 1. The average Bonchev–Trinajstić information content (AvgIpc) is 2.09. The van der Waals surface area contributed by atoms with E-state index in [4.69, 9.17) is 4.74 Å². The fourth-order valence-corrected chi connectivity index (χ4v) is 1.56. The molecule has 0 aromatic heterocycles. The second-order valence-corrected chi connectivity index (χ2v) is 5.16. The summed E-state index contributed by atoms with van der Waals surface area (Å²) in [4.78, 5) is 11.8. The van der Waals surface area contributed by atoms with Gasteiger partial charge in [-0.05, 0) is 33.6 Å². The molecular formula is C13H26O2. The first kappa shape index (κ1) is 14.5. The van der Waals surface area contributed by atoms with Crippen molar-refractivity contribution in [3.8, 4) is 0 Å². The molecule has 0 rings (SSSR count). The molecule has 0 bridgehead atoms. The Hall–Kier alpha value is -0.530. The van der Waals surface area contributed by atoms with Crippen LogP contribution in [0.15, 0.2) is 0 Å². The normalized spacial score (nSPS) is 13.7. The van der Waals surface area contributed by atoms with Crippen LogP contribution in [0.3, 0.4) is 0 Å². The standard InChI is InChI=1S/C13H26O2/c1-6-8-10-11(9-7-2)12(14)15-13(3,4)5/h11H,6-10H2,1-5H3. The number of hydrogen-bond acceptors (Lipinski definition) is 2. The molecule has 2 nitrogen and oxygen atoms in total. The third-order valence-corrected chi connectivity index (χ3v) is 2.28. The van der Waals surface area contributed by atoms with E-state index in [-0.39, 0.29) is 17.5 Å². The SMILES string of the molecule is CCCCC(CCC)C(=O)OC(C)(C)C. The van der Waals surface area contributed by atoms with Crippen molar-refractivity contribution in [1.82, 2.24) is 0 Å². The highest BCUT2D eigenvalue weighted by molar-refractivity contribution is 5.72. The molecule has 0 aromatic carbocycles. The van der Waals surface area contributed by atoms with Crippen LogP contribution in [0.4, 0.5) is 0 Å². The van der Waals surface area contributed by atoms with Crippen molar-refractivity contribution in [3.63, 3.8) is 0 Å². The van der Waals surface area contributed by atoms with Crippen molar-refractivity contribution in [2.45, 2.75) is 72.3 Å². The summed E-state index contributed by atoms with van der Waals surface area (Å²) in [7, 11) is 0. The maximum Gasteiger partial charge on any atom is 0.309 e. The molecule has 0 saturated carbocycles. The van der Waals surface area contributed by atoms with E-state index >= 15 is 0 Å². The van der Waals surface area contributed by atoms with E-state index in [9.17, 15) is 4.79 Å². The molecule has 0 radical (unpaired) electrons. The van der Waals surface area contributed by atoms with Crippen molar-refractivity contribution >= 4 is 5.97 Å². The van der Waals surface area contributed by atoms with E-state index in [2.05, 4.69) is 13.8 Å². The van der Waals surface area contributed by atoms with Crippen LogP contribution in [0.25, 0.3) is 0 Å². The van der Waals surface area contributed by atoms with Crippen LogP contribution < -0.4 is 0 Å². The van der Waals surface area contributed by atoms with Gasteiger partial charge < -0.3 is 4.74 Å². The van der Waals surface area contributed by atoms with E-state index < -0.39 is 0 Å². The summed E-state index contributed by atoms with van der Waals surface area (Å²) in [6.07, 6.45) is 5.23. The maximum atomic E-state index is 11.8. The second-order valence-electron chi connectivity index (χ2n) is 5.16. The number of hydrogen-bond donors (Lipinski definition) is 0. The van der Waals surface area contributed by atoms with Gasteiger partial charge in [0.25, 0.3) is 0 Å². The molecule has 0 saturated heterocycles. The first-order valence-electron chi connectivity index (χ1n) is 6.13. The molecule has 0 N–H and O–H groups in total. The van der Waals surface area contributed by atoms with Gasteiger partial charge in [0.15, 0.2) is 0 Å². The molecule has 0 amide bonds. The van der Waals surface area contributed by atoms with Gasteiger partial charge in [-0.3, -0.25) is 4.79 Å². The highest BCUT2D eigenvalue weighted by Gasteiger charge is 2.23. The quantitative estimate of drug-likeness (QED) is 0.626. The Labute approximate surface area is 94.4 Å². The summed E-state index contributed by atoms with van der Waals surface area (Å²) in [5, 5.41) is 0. The topological polar surface area (TPSA) is 26.3 Å². The Bertz CT molecular complexity index is 179. The minimum atomic E-state index is -0.352. The van der Waals surface area contributed by atoms with Gasteiger partial charge in [-0.25, -0.2) is 0 Å². The number of rotatable bonds is 6. The molecule has 0 spiro atoms. The molecular weight excluding hydrogens is 188 g/mol. The summed E-state index contributed by atoms with van der Waals surface area (Å²) >= 11 is 0. The summed E-state index contributed by atoms with van der Waals surface area (Å²) in [5.74, 6) is 0.0898. The van der Waals surface area contributed by atoms with Crippen LogP contribution >= 0.6 is 0 Å². The van der Waals surface area contributed by atoms with Crippen molar-refractivity contribution in [1.29, 1.82) is 0 Å². The van der Waals surface area contributed by atoms with Crippen LogP contribution in [0.5, 0.6) is 0 Å². The lowest BCUT2D eigenvalue weighted by molar-refractivity contribution is -0.160. The summed E-state index contributed by atoms with van der Waals surface area (Å²) in [6, 6.07) is 0. The van der Waals surface area contributed by atoms with Crippen LogP contribution in [0.2, 0.25) is 0 Å². The van der Waals surface area contributed by atoms with Crippen molar-refractivity contribution in [2.75, 3.05) is 0 Å². The largest absolute Gasteiger partial charge is 0.460 e. The van der Waals surface area contributed by atoms with Gasteiger partial charge in [0.2, 0.25) is 0 Å². The summed E-state index contributed by atoms with van der Waals surface area (Å²) in [6.45, 7) is 10.0. The first-order valence-corrected chi connectivity index (χ1v) is 6.13. The van der Waals surface area contributed by atoms with E-state index in [0.29, 0.717) is 0 Å². The monoisotopic (exact) mass is 214 g/mol. The van der Waals surface area contributed by atoms with Gasteiger partial charge in [0.05, 0.1) is 5.92 Å². The lowest BCUT2D eigenvalue weighted by Gasteiger charge is -2.23. The van der Waals surface area contributed by atoms with Crippen molar-refractivity contribution in [2.24, 2.45) is 5.92 Å². The van der Waals surface area contributed by atoms with Crippen LogP contribution in [0.1, 0.15) is 66.7 Å². The third kappa shape index (κ3) is 7.40. The molecule has 0 aliphatic heterocycles. The molecule has 0 aromatic rings. The average molecular weight is 214 g/mol. The molecule has 1 atom stereocenters. The number of ether oxygens (including phenoxy) is 1. The Morgan fingerprint density at radius 1 is 1.13 bits per heavy atom. The molecule has 1 unspecified atom stereocenters. The Morgan fingerprint density at radius 3 is 2.13 bits per heavy atom. The van der Waals surface area contributed by atoms with Gasteiger partial charge in [0.1, 0.15) is 5.60 Å². The van der Waals surface area contributed by atoms with Gasteiger partial charge in [-0.1, -0.05) is 33.1 Å². The highest BCUT2D eigenvalue weighted by Crippen LogP contribution is 2.20. The van der Waals surface area contributed by atoms with E-state index in [0.717, 1.165) is 32.1 Å². The molecule has 0 aliphatic rings. The van der Waals surface area contributed by atoms with Crippen molar-refractivity contribution in [3.05, 3.63) is 0 Å². The lowest BCUT2D eigenvalue weighted by atomic mass is 9.97. The van der Waals surface area contributed by atoms with E-state index in [1.807, 2.05) is 20.8 Å². The Morgan fingerprint density at radius 2 is 1.73 bits per heavy atom. The van der Waals surface area contributed by atoms with Gasteiger partial charge in [0, 0.05) is 0 Å². The van der Waals surface area contributed by atoms with Gasteiger partial charge in [-0.2, -0.15) is 0 Å². The summed E-state index contributed by atoms with van der Waals surface area (Å²) < 4.78 is 5.41. The minimum absolute atomic E-state index is 0.0159. The molecule has 90 valence electrons. The number of carbonyl (C=O) groups is 1. The molecule has 15 heavy (non-hydrogen) atoms. The molecule has 2 heteroatoms. The molecule has 0 heterocycles. The highest BCUT2D eigenvalue weighted by atomic mass is 16.6. The van der Waals surface area contributed by atoms with Crippen LogP contribution in [0, 0.1) is 5.92 Å². The Balaban J connectivity index is 4.15. The smallest absolute Gasteiger partial charge is 0.309 e. The summed E-state index contributed by atoms with van der Waals surface area (Å²) in [5.41, 5.74) is -0.352. The lowest BCUT2D eigenvalue weighted by Crippen LogP contribution is -2.28. The zero-order valence-electron chi connectivity index (χ0n) is 10.9. The van der Waals surface area contributed by atoms with Gasteiger partial charge in [-0.15, -0.1) is 0 Å². The zero-order valence-corrected chi connectivity index (χ0v) is 10.9. The predicted molar refractivity (Wildman–Crippen MR) is 63.8 cm³/mol. The van der Waals surface area contributed by atoms with E-state index in [1.165, 1.54) is 0 Å².